The average Bonchev–Trinajstić information content (AvgIpc) is 2.34. The number of carboxylic acid groups (broad SMARTS) is 1. The van der Waals surface area contributed by atoms with Crippen molar-refractivity contribution in [2.24, 2.45) is 16.7 Å². The molecule has 86 valence electrons. The van der Waals surface area contributed by atoms with E-state index in [1.165, 1.54) is 0 Å². The van der Waals surface area contributed by atoms with Gasteiger partial charge in [0.05, 0.1) is 12.0 Å². The zero-order chi connectivity index (χ0) is 11.5. The van der Waals surface area contributed by atoms with E-state index in [1.807, 2.05) is 0 Å². The summed E-state index contributed by atoms with van der Waals surface area (Å²) in [6, 6.07) is 0. The Hall–Kier alpha value is -0.570. The van der Waals surface area contributed by atoms with Gasteiger partial charge < -0.3 is 10.2 Å². The highest BCUT2D eigenvalue weighted by Gasteiger charge is 2.68. The summed E-state index contributed by atoms with van der Waals surface area (Å²) in [6.07, 6.45) is 2.63. The summed E-state index contributed by atoms with van der Waals surface area (Å²) in [4.78, 5) is 10.8. The van der Waals surface area contributed by atoms with E-state index in [9.17, 15) is 9.90 Å². The van der Waals surface area contributed by atoms with Gasteiger partial charge in [-0.3, -0.25) is 4.79 Å². The number of carbonyl (C=O) groups is 1. The summed E-state index contributed by atoms with van der Waals surface area (Å²) in [5, 5.41) is 19.5. The standard InChI is InChI=1S/C12H20O3/c1-10(2)8-4-5-11(10,3)12(15,6-8)7-9(13)14/h8,15H,4-7H2,1-3H3,(H,13,14)/t8-,11+,12-/m1/s1. The monoisotopic (exact) mass is 212 g/mol. The van der Waals surface area contributed by atoms with Gasteiger partial charge in [0, 0.05) is 5.41 Å². The third-order valence-corrected chi connectivity index (χ3v) is 5.49. The van der Waals surface area contributed by atoms with Crippen LogP contribution in [0.25, 0.3) is 0 Å². The van der Waals surface area contributed by atoms with Gasteiger partial charge >= 0.3 is 5.97 Å². The molecule has 2 fully saturated rings. The van der Waals surface area contributed by atoms with Crippen LogP contribution in [-0.2, 0) is 4.79 Å². The number of hydrogen-bond acceptors (Lipinski definition) is 2. The first kappa shape index (κ1) is 10.9. The van der Waals surface area contributed by atoms with Crippen LogP contribution in [0.5, 0.6) is 0 Å². The molecule has 0 aromatic carbocycles. The molecule has 0 aromatic rings. The van der Waals surface area contributed by atoms with Gasteiger partial charge in [0.15, 0.2) is 0 Å². The van der Waals surface area contributed by atoms with E-state index < -0.39 is 11.6 Å². The first-order valence-corrected chi connectivity index (χ1v) is 5.67. The molecular weight excluding hydrogens is 192 g/mol. The molecule has 0 spiro atoms. The number of aliphatic hydroxyl groups is 1. The van der Waals surface area contributed by atoms with Crippen molar-refractivity contribution < 1.29 is 15.0 Å². The maximum absolute atomic E-state index is 10.8. The largest absolute Gasteiger partial charge is 0.481 e. The number of fused-ring (bicyclic) bond motifs is 2. The Morgan fingerprint density at radius 2 is 2.00 bits per heavy atom. The summed E-state index contributed by atoms with van der Waals surface area (Å²) < 4.78 is 0. The first-order valence-electron chi connectivity index (χ1n) is 5.67. The smallest absolute Gasteiger partial charge is 0.306 e. The van der Waals surface area contributed by atoms with Crippen LogP contribution in [0.4, 0.5) is 0 Å². The lowest BCUT2D eigenvalue weighted by Gasteiger charge is -2.44. The van der Waals surface area contributed by atoms with E-state index in [0.29, 0.717) is 12.3 Å². The van der Waals surface area contributed by atoms with Gasteiger partial charge in [-0.1, -0.05) is 20.8 Å². The molecule has 3 nitrogen and oxygen atoms in total. The minimum Gasteiger partial charge on any atom is -0.481 e. The highest BCUT2D eigenvalue weighted by Crippen LogP contribution is 2.70. The Labute approximate surface area is 90.5 Å². The quantitative estimate of drug-likeness (QED) is 0.736. The van der Waals surface area contributed by atoms with E-state index in [-0.39, 0.29) is 17.3 Å². The average molecular weight is 212 g/mol. The molecule has 2 aliphatic rings. The van der Waals surface area contributed by atoms with Crippen LogP contribution in [0.3, 0.4) is 0 Å². The molecule has 0 amide bonds. The molecular formula is C12H20O3. The molecule has 0 aliphatic heterocycles. The number of carboxylic acids is 1. The molecule has 3 heteroatoms. The Bertz CT molecular complexity index is 310. The van der Waals surface area contributed by atoms with Crippen LogP contribution in [0, 0.1) is 16.7 Å². The fraction of sp³-hybridized carbons (Fsp3) is 0.917. The second-order valence-corrected chi connectivity index (χ2v) is 6.10. The molecule has 2 rings (SSSR count). The number of hydrogen-bond donors (Lipinski definition) is 2. The normalized spacial score (nSPS) is 47.1. The Morgan fingerprint density at radius 1 is 1.40 bits per heavy atom. The van der Waals surface area contributed by atoms with E-state index in [4.69, 9.17) is 5.11 Å². The molecule has 0 heterocycles. The highest BCUT2D eigenvalue weighted by atomic mass is 16.4. The molecule has 2 N–H and O–H groups in total. The van der Waals surface area contributed by atoms with Gasteiger partial charge in [-0.05, 0) is 30.6 Å². The molecule has 15 heavy (non-hydrogen) atoms. The van der Waals surface area contributed by atoms with Gasteiger partial charge in [0.25, 0.3) is 0 Å². The van der Waals surface area contributed by atoms with Crippen molar-refractivity contribution in [3.8, 4) is 0 Å². The summed E-state index contributed by atoms with van der Waals surface area (Å²) in [7, 11) is 0. The molecule has 2 aliphatic carbocycles. The lowest BCUT2D eigenvalue weighted by atomic mass is 9.63. The van der Waals surface area contributed by atoms with Crippen LogP contribution >= 0.6 is 0 Å². The van der Waals surface area contributed by atoms with Gasteiger partial charge in [0.2, 0.25) is 0 Å². The topological polar surface area (TPSA) is 57.5 Å². The minimum absolute atomic E-state index is 0.0667. The number of rotatable bonds is 2. The predicted octanol–water partition coefficient (Wildman–Crippen LogP) is 2.04. The van der Waals surface area contributed by atoms with Crippen LogP contribution in [0.2, 0.25) is 0 Å². The maximum atomic E-state index is 10.8. The van der Waals surface area contributed by atoms with E-state index in [0.717, 1.165) is 12.8 Å². The first-order chi connectivity index (χ1) is 6.73. The Balaban J connectivity index is 2.36. The zero-order valence-corrected chi connectivity index (χ0v) is 9.71. The molecule has 0 aromatic heterocycles. The van der Waals surface area contributed by atoms with Crippen molar-refractivity contribution >= 4 is 5.97 Å². The molecule has 2 bridgehead atoms. The second kappa shape index (κ2) is 2.76. The lowest BCUT2D eigenvalue weighted by molar-refractivity contribution is -0.152. The minimum atomic E-state index is -0.995. The third-order valence-electron chi connectivity index (χ3n) is 5.49. The van der Waals surface area contributed by atoms with E-state index in [1.54, 1.807) is 0 Å². The summed E-state index contributed by atoms with van der Waals surface area (Å²) in [6.45, 7) is 6.40. The molecule has 2 saturated carbocycles. The summed E-state index contributed by atoms with van der Waals surface area (Å²) in [5.41, 5.74) is -1.16. The van der Waals surface area contributed by atoms with Crippen molar-refractivity contribution in [1.82, 2.24) is 0 Å². The number of aliphatic carboxylic acids is 1. The van der Waals surface area contributed by atoms with Gasteiger partial charge in [-0.25, -0.2) is 0 Å². The van der Waals surface area contributed by atoms with Crippen molar-refractivity contribution in [3.05, 3.63) is 0 Å². The SMILES string of the molecule is CC1(C)[C@@H]2CC[C@]1(C)[C@](O)(CC(=O)O)C2. The fourth-order valence-corrected chi connectivity index (χ4v) is 3.94. The van der Waals surface area contributed by atoms with Gasteiger partial charge in [-0.2, -0.15) is 0 Å². The Morgan fingerprint density at radius 3 is 2.33 bits per heavy atom. The molecule has 0 unspecified atom stereocenters. The van der Waals surface area contributed by atoms with Crippen molar-refractivity contribution in [1.29, 1.82) is 0 Å². The van der Waals surface area contributed by atoms with Crippen molar-refractivity contribution in [2.75, 3.05) is 0 Å². The van der Waals surface area contributed by atoms with Crippen molar-refractivity contribution in [3.63, 3.8) is 0 Å². The van der Waals surface area contributed by atoms with Crippen LogP contribution < -0.4 is 0 Å². The zero-order valence-electron chi connectivity index (χ0n) is 9.71. The van der Waals surface area contributed by atoms with Gasteiger partial charge in [0.1, 0.15) is 0 Å². The Kier molecular flexibility index (Phi) is 2.01. The highest BCUT2D eigenvalue weighted by molar-refractivity contribution is 5.68. The molecule has 0 radical (unpaired) electrons. The van der Waals surface area contributed by atoms with E-state index in [2.05, 4.69) is 20.8 Å². The van der Waals surface area contributed by atoms with Crippen LogP contribution in [0.15, 0.2) is 0 Å². The lowest BCUT2D eigenvalue weighted by Crippen LogP contribution is -2.48. The maximum Gasteiger partial charge on any atom is 0.306 e. The summed E-state index contributed by atoms with van der Waals surface area (Å²) >= 11 is 0. The fourth-order valence-electron chi connectivity index (χ4n) is 3.94. The van der Waals surface area contributed by atoms with Gasteiger partial charge in [-0.15, -0.1) is 0 Å². The second-order valence-electron chi connectivity index (χ2n) is 6.10. The summed E-state index contributed by atoms with van der Waals surface area (Å²) in [5.74, 6) is -0.408. The molecule has 0 saturated heterocycles. The third kappa shape index (κ3) is 1.13. The van der Waals surface area contributed by atoms with Crippen LogP contribution in [0.1, 0.15) is 46.5 Å². The van der Waals surface area contributed by atoms with Crippen LogP contribution in [-0.4, -0.2) is 21.8 Å². The predicted molar refractivity (Wildman–Crippen MR) is 56.4 cm³/mol. The van der Waals surface area contributed by atoms with E-state index >= 15 is 0 Å². The van der Waals surface area contributed by atoms with Crippen molar-refractivity contribution in [2.45, 2.75) is 52.1 Å². The molecule has 3 atom stereocenters.